The van der Waals surface area contributed by atoms with E-state index in [1.807, 2.05) is 24.0 Å². The number of hydrogen-bond donors (Lipinski definition) is 0. The summed E-state index contributed by atoms with van der Waals surface area (Å²) in [5.74, 6) is 0. The van der Waals surface area contributed by atoms with Gasteiger partial charge in [-0.2, -0.15) is 0 Å². The van der Waals surface area contributed by atoms with Crippen molar-refractivity contribution in [3.63, 3.8) is 0 Å². The fourth-order valence-electron chi connectivity index (χ4n) is 0.836. The van der Waals surface area contributed by atoms with Gasteiger partial charge in [0.15, 0.2) is 0 Å². The third-order valence-corrected chi connectivity index (χ3v) is 2.39. The maximum absolute atomic E-state index is 5.43. The first-order valence-electron chi connectivity index (χ1n) is 4.04. The predicted octanol–water partition coefficient (Wildman–Crippen LogP) is 3.53. The number of halogens is 2. The summed E-state index contributed by atoms with van der Waals surface area (Å²) in [5, 5.41) is 0. The summed E-state index contributed by atoms with van der Waals surface area (Å²) in [5.41, 5.74) is 2.99. The highest BCUT2D eigenvalue weighted by Crippen LogP contribution is 1.99. The van der Waals surface area contributed by atoms with Gasteiger partial charge in [-0.15, -0.1) is 0 Å². The van der Waals surface area contributed by atoms with E-state index in [2.05, 4.69) is 0 Å². The largest absolute Gasteiger partial charge is 0.359 e. The van der Waals surface area contributed by atoms with Gasteiger partial charge < -0.3 is 4.90 Å². The minimum Gasteiger partial charge on any atom is -0.359 e. The second kappa shape index (κ2) is 8.54. The van der Waals surface area contributed by atoms with E-state index in [0.29, 0.717) is 0 Å². The average Bonchev–Trinajstić information content (AvgIpc) is 2.17. The van der Waals surface area contributed by atoms with Crippen molar-refractivity contribution < 1.29 is 0 Å². The van der Waals surface area contributed by atoms with Crippen LogP contribution in [0, 0.1) is 0 Å². The summed E-state index contributed by atoms with van der Waals surface area (Å²) >= 11 is 16.0. The van der Waals surface area contributed by atoms with E-state index in [-0.39, 0.29) is 0 Å². The van der Waals surface area contributed by atoms with E-state index in [9.17, 15) is 0 Å². The monoisotopic (exact) mass is 237 g/mol. The molecule has 0 radical (unpaired) electrons. The first-order chi connectivity index (χ1) is 6.26. The van der Waals surface area contributed by atoms with Gasteiger partial charge in [-0.05, 0) is 6.42 Å². The third-order valence-electron chi connectivity index (χ3n) is 1.48. The molecule has 0 spiro atoms. The molecule has 0 atom stereocenters. The minimum absolute atomic E-state index is 0.734. The minimum atomic E-state index is 0.734. The molecular formula is C9H13Cl2NS. The van der Waals surface area contributed by atoms with E-state index < -0.39 is 0 Å². The summed E-state index contributed by atoms with van der Waals surface area (Å²) in [6.45, 7) is 3.50. The molecular weight excluding hydrogens is 225 g/mol. The highest BCUT2D eigenvalue weighted by atomic mass is 35.5. The van der Waals surface area contributed by atoms with Crippen LogP contribution in [0.5, 0.6) is 0 Å². The quantitative estimate of drug-likeness (QED) is 0.674. The summed E-state index contributed by atoms with van der Waals surface area (Å²) < 4.78 is 0. The van der Waals surface area contributed by atoms with Crippen LogP contribution in [-0.4, -0.2) is 23.0 Å². The first-order valence-corrected chi connectivity index (χ1v) is 5.32. The highest BCUT2D eigenvalue weighted by molar-refractivity contribution is 7.80. The van der Waals surface area contributed by atoms with Crippen LogP contribution in [0.1, 0.15) is 13.3 Å². The normalized spacial score (nSPS) is 11.3. The third kappa shape index (κ3) is 6.08. The van der Waals surface area contributed by atoms with Crippen molar-refractivity contribution in [2.45, 2.75) is 13.3 Å². The van der Waals surface area contributed by atoms with Crippen LogP contribution in [-0.2, 0) is 0 Å². The molecule has 0 bridgehead atoms. The molecule has 0 saturated carbocycles. The Morgan fingerprint density at radius 1 is 1.23 bits per heavy atom. The standard InChI is InChI=1S/C9H13Cl2NS/c1-2-9(13)12(7-3-5-10)8-4-6-11/h3-6H,2,7-8H2,1H3. The van der Waals surface area contributed by atoms with Crippen molar-refractivity contribution in [3.05, 3.63) is 23.2 Å². The molecule has 74 valence electrons. The lowest BCUT2D eigenvalue weighted by molar-refractivity contribution is 0.513. The van der Waals surface area contributed by atoms with Gasteiger partial charge in [-0.3, -0.25) is 0 Å². The summed E-state index contributed by atoms with van der Waals surface area (Å²) in [6.07, 6.45) is 4.57. The molecule has 0 aromatic rings. The second-order valence-electron chi connectivity index (χ2n) is 2.38. The van der Waals surface area contributed by atoms with E-state index in [1.54, 1.807) is 0 Å². The maximum Gasteiger partial charge on any atom is 0.0782 e. The van der Waals surface area contributed by atoms with Crippen molar-refractivity contribution in [2.24, 2.45) is 0 Å². The highest BCUT2D eigenvalue weighted by Gasteiger charge is 2.02. The van der Waals surface area contributed by atoms with Crippen LogP contribution < -0.4 is 0 Å². The average molecular weight is 238 g/mol. The molecule has 0 heterocycles. The van der Waals surface area contributed by atoms with Gasteiger partial charge in [0.05, 0.1) is 4.99 Å². The maximum atomic E-state index is 5.43. The SMILES string of the molecule is CCC(=S)N(CC=CCl)CC=CCl. The molecule has 0 aromatic heterocycles. The van der Waals surface area contributed by atoms with Crippen LogP contribution in [0.3, 0.4) is 0 Å². The number of thiocarbonyl (C=S) groups is 1. The molecule has 0 saturated heterocycles. The second-order valence-corrected chi connectivity index (χ2v) is 3.35. The van der Waals surface area contributed by atoms with Crippen LogP contribution in [0.25, 0.3) is 0 Å². The molecule has 0 unspecified atom stereocenters. The van der Waals surface area contributed by atoms with Gasteiger partial charge in [0.25, 0.3) is 0 Å². The fourth-order valence-corrected chi connectivity index (χ4v) is 1.14. The Bertz CT molecular complexity index is 188. The molecule has 13 heavy (non-hydrogen) atoms. The zero-order chi connectivity index (χ0) is 10.1. The molecule has 4 heteroatoms. The fraction of sp³-hybridized carbons (Fsp3) is 0.444. The molecule has 0 rings (SSSR count). The van der Waals surface area contributed by atoms with E-state index in [4.69, 9.17) is 35.4 Å². The van der Waals surface area contributed by atoms with Crippen LogP contribution >= 0.6 is 35.4 Å². The zero-order valence-corrected chi connectivity index (χ0v) is 9.87. The van der Waals surface area contributed by atoms with Crippen molar-refractivity contribution in [1.82, 2.24) is 4.90 Å². The van der Waals surface area contributed by atoms with Crippen molar-refractivity contribution in [3.8, 4) is 0 Å². The van der Waals surface area contributed by atoms with Gasteiger partial charge in [-0.1, -0.05) is 54.5 Å². The van der Waals surface area contributed by atoms with E-state index >= 15 is 0 Å². The molecule has 0 aliphatic heterocycles. The lowest BCUT2D eigenvalue weighted by atomic mass is 10.4. The number of rotatable bonds is 5. The molecule has 0 aromatic carbocycles. The van der Waals surface area contributed by atoms with Crippen molar-refractivity contribution >= 4 is 40.4 Å². The topological polar surface area (TPSA) is 3.24 Å². The van der Waals surface area contributed by atoms with Crippen LogP contribution in [0.2, 0.25) is 0 Å². The van der Waals surface area contributed by atoms with Gasteiger partial charge in [0.2, 0.25) is 0 Å². The van der Waals surface area contributed by atoms with Gasteiger partial charge in [0, 0.05) is 24.2 Å². The lowest BCUT2D eigenvalue weighted by Crippen LogP contribution is -2.29. The van der Waals surface area contributed by atoms with Crippen molar-refractivity contribution in [1.29, 1.82) is 0 Å². The van der Waals surface area contributed by atoms with Gasteiger partial charge in [0.1, 0.15) is 0 Å². The first kappa shape index (κ1) is 12.9. The van der Waals surface area contributed by atoms with Gasteiger partial charge in [-0.25, -0.2) is 0 Å². The Labute approximate surface area is 95.0 Å². The number of nitrogens with zero attached hydrogens (tertiary/aromatic N) is 1. The van der Waals surface area contributed by atoms with Crippen LogP contribution in [0.15, 0.2) is 23.2 Å². The lowest BCUT2D eigenvalue weighted by Gasteiger charge is -2.21. The predicted molar refractivity (Wildman–Crippen MR) is 64.4 cm³/mol. The Kier molecular flexibility index (Phi) is 8.51. The molecule has 0 N–H and O–H groups in total. The Hall–Kier alpha value is -0.0500. The Morgan fingerprint density at radius 2 is 1.69 bits per heavy atom. The molecule has 1 nitrogen and oxygen atoms in total. The summed E-state index contributed by atoms with van der Waals surface area (Å²) in [6, 6.07) is 0. The van der Waals surface area contributed by atoms with E-state index in [1.165, 1.54) is 11.1 Å². The summed E-state index contributed by atoms with van der Waals surface area (Å²) in [4.78, 5) is 2.96. The molecule has 0 amide bonds. The Morgan fingerprint density at radius 3 is 2.00 bits per heavy atom. The molecule has 0 aliphatic rings. The zero-order valence-electron chi connectivity index (χ0n) is 7.54. The number of hydrogen-bond acceptors (Lipinski definition) is 1. The van der Waals surface area contributed by atoms with Crippen molar-refractivity contribution in [2.75, 3.05) is 13.1 Å². The Balaban J connectivity index is 4.09. The van der Waals surface area contributed by atoms with E-state index in [0.717, 1.165) is 24.5 Å². The molecule has 0 fully saturated rings. The molecule has 0 aliphatic carbocycles. The smallest absolute Gasteiger partial charge is 0.0782 e. The van der Waals surface area contributed by atoms with Gasteiger partial charge >= 0.3 is 0 Å². The summed E-state index contributed by atoms with van der Waals surface area (Å²) in [7, 11) is 0. The van der Waals surface area contributed by atoms with Crippen LogP contribution in [0.4, 0.5) is 0 Å².